The van der Waals surface area contributed by atoms with Crippen molar-refractivity contribution in [1.82, 2.24) is 4.98 Å². The normalized spacial score (nSPS) is 10.8. The zero-order chi connectivity index (χ0) is 27.2. The third kappa shape index (κ3) is 6.03. The van der Waals surface area contributed by atoms with Gasteiger partial charge in [0.05, 0.1) is 32.0 Å². The smallest absolute Gasteiger partial charge is 0.411 e. The van der Waals surface area contributed by atoms with Gasteiger partial charge in [0.2, 0.25) is 0 Å². The monoisotopic (exact) mass is 536 g/mol. The van der Waals surface area contributed by atoms with Gasteiger partial charge in [-0.3, -0.25) is 9.88 Å². The Bertz CT molecular complexity index is 1440. The number of aryl methyl sites for hydroxylation is 2. The molecule has 0 bridgehead atoms. The lowest BCUT2D eigenvalue weighted by Gasteiger charge is -2.23. The fourth-order valence-corrected chi connectivity index (χ4v) is 4.22. The molecule has 0 spiro atoms. The first-order chi connectivity index (χ1) is 18.3. The molecule has 198 valence electrons. The molecule has 4 aromatic rings. The lowest BCUT2D eigenvalue weighted by atomic mass is 10.1. The minimum atomic E-state index is -1.03. The Hall–Kier alpha value is -4.17. The van der Waals surface area contributed by atoms with Gasteiger partial charge in [0, 0.05) is 29.2 Å². The van der Waals surface area contributed by atoms with Gasteiger partial charge in [0.25, 0.3) is 0 Å². The molecule has 1 heterocycles. The number of anilines is 1. The van der Waals surface area contributed by atoms with Gasteiger partial charge in [-0.1, -0.05) is 11.6 Å². The van der Waals surface area contributed by atoms with Crippen LogP contribution in [0.25, 0.3) is 10.9 Å². The van der Waals surface area contributed by atoms with Crippen molar-refractivity contribution in [3.05, 3.63) is 76.9 Å². The Morgan fingerprint density at radius 1 is 0.921 bits per heavy atom. The molecule has 0 saturated heterocycles. The summed E-state index contributed by atoms with van der Waals surface area (Å²) < 4.78 is 22.8. The number of rotatable bonds is 10. The molecule has 0 fully saturated rings. The third-order valence-electron chi connectivity index (χ3n) is 6.05. The maximum absolute atomic E-state index is 12.1. The first kappa shape index (κ1) is 26.9. The second-order valence-electron chi connectivity index (χ2n) is 8.63. The van der Waals surface area contributed by atoms with Gasteiger partial charge in [-0.15, -0.1) is 0 Å². The number of benzene rings is 3. The summed E-state index contributed by atoms with van der Waals surface area (Å²) in [4.78, 5) is 17.9. The summed E-state index contributed by atoms with van der Waals surface area (Å²) >= 11 is 5.90. The Morgan fingerprint density at radius 2 is 1.63 bits per heavy atom. The number of hydrogen-bond acceptors (Lipinski definition) is 6. The highest BCUT2D eigenvalue weighted by Gasteiger charge is 2.19. The zero-order valence-electron chi connectivity index (χ0n) is 21.7. The molecule has 0 unspecified atom stereocenters. The van der Waals surface area contributed by atoms with Gasteiger partial charge in [-0.25, -0.2) is 4.79 Å². The predicted molar refractivity (Wildman–Crippen MR) is 148 cm³/mol. The molecule has 3 aromatic carbocycles. The molecule has 4 rings (SSSR count). The summed E-state index contributed by atoms with van der Waals surface area (Å²) in [6.07, 6.45) is 1.15. The number of methoxy groups -OCH3 is 2. The van der Waals surface area contributed by atoms with Crippen molar-refractivity contribution in [2.24, 2.45) is 0 Å². The van der Waals surface area contributed by atoms with Crippen LogP contribution in [0, 0.1) is 13.8 Å². The second-order valence-corrected chi connectivity index (χ2v) is 9.07. The van der Waals surface area contributed by atoms with Gasteiger partial charge in [0.15, 0.2) is 11.5 Å². The van der Waals surface area contributed by atoms with Crippen LogP contribution in [0.1, 0.15) is 17.5 Å². The molecule has 0 aliphatic rings. The van der Waals surface area contributed by atoms with Crippen molar-refractivity contribution in [1.29, 1.82) is 0 Å². The quantitative estimate of drug-likeness (QED) is 0.213. The number of nitrogens with zero attached hydrogens (tertiary/aromatic N) is 2. The fraction of sp³-hybridized carbons (Fsp3) is 0.241. The van der Waals surface area contributed by atoms with Crippen molar-refractivity contribution in [2.75, 3.05) is 32.3 Å². The van der Waals surface area contributed by atoms with E-state index in [0.29, 0.717) is 58.0 Å². The third-order valence-corrected chi connectivity index (χ3v) is 6.30. The van der Waals surface area contributed by atoms with E-state index in [4.69, 9.17) is 30.5 Å². The molecule has 0 aliphatic heterocycles. The average molecular weight is 537 g/mol. The van der Waals surface area contributed by atoms with Gasteiger partial charge in [-0.05, 0) is 79.9 Å². The number of aromatic nitrogens is 1. The van der Waals surface area contributed by atoms with Crippen LogP contribution in [-0.2, 0) is 0 Å². The van der Waals surface area contributed by atoms with E-state index in [1.165, 1.54) is 4.90 Å². The van der Waals surface area contributed by atoms with Gasteiger partial charge < -0.3 is 24.1 Å². The van der Waals surface area contributed by atoms with Gasteiger partial charge >= 0.3 is 6.09 Å². The molecular weight excluding hydrogens is 508 g/mol. The van der Waals surface area contributed by atoms with Crippen LogP contribution in [0.5, 0.6) is 28.7 Å². The lowest BCUT2D eigenvalue weighted by molar-refractivity contribution is 0.201. The molecule has 0 saturated carbocycles. The average Bonchev–Trinajstić information content (AvgIpc) is 2.91. The Morgan fingerprint density at radius 3 is 2.32 bits per heavy atom. The minimum absolute atomic E-state index is 0.278. The molecule has 0 radical (unpaired) electrons. The fourth-order valence-electron chi connectivity index (χ4n) is 4.09. The Labute approximate surface area is 226 Å². The molecule has 1 aromatic heterocycles. The SMILES string of the molecule is COc1cc2nccc(Oc3cc(C)c(N(CCCOc4ccc(Cl)cc4)C(=O)O)cc3C)c2cc1OC. The largest absolute Gasteiger partial charge is 0.494 e. The number of carbonyl (C=O) groups is 1. The lowest BCUT2D eigenvalue weighted by Crippen LogP contribution is -2.31. The van der Waals surface area contributed by atoms with Crippen molar-refractivity contribution in [3.8, 4) is 28.7 Å². The van der Waals surface area contributed by atoms with Gasteiger partial charge in [-0.2, -0.15) is 0 Å². The van der Waals surface area contributed by atoms with E-state index in [1.54, 1.807) is 56.8 Å². The summed E-state index contributed by atoms with van der Waals surface area (Å²) in [5.41, 5.74) is 2.85. The van der Waals surface area contributed by atoms with Crippen LogP contribution in [0.3, 0.4) is 0 Å². The molecule has 8 nitrogen and oxygen atoms in total. The van der Waals surface area contributed by atoms with Crippen LogP contribution in [0.4, 0.5) is 10.5 Å². The predicted octanol–water partition coefficient (Wildman–Crippen LogP) is 7.27. The highest BCUT2D eigenvalue weighted by Crippen LogP contribution is 2.38. The number of halogens is 1. The van der Waals surface area contributed by atoms with E-state index in [9.17, 15) is 9.90 Å². The summed E-state index contributed by atoms with van der Waals surface area (Å²) in [6.45, 7) is 4.39. The summed E-state index contributed by atoms with van der Waals surface area (Å²) in [7, 11) is 3.15. The summed E-state index contributed by atoms with van der Waals surface area (Å²) in [5.74, 6) is 3.04. The maximum atomic E-state index is 12.1. The second kappa shape index (κ2) is 11.9. The number of pyridine rings is 1. The first-order valence-corrected chi connectivity index (χ1v) is 12.4. The number of carboxylic acid groups (broad SMARTS) is 1. The number of amides is 1. The molecule has 1 N–H and O–H groups in total. The topological polar surface area (TPSA) is 90.4 Å². The molecule has 9 heteroatoms. The highest BCUT2D eigenvalue weighted by atomic mass is 35.5. The van der Waals surface area contributed by atoms with Crippen molar-refractivity contribution in [2.45, 2.75) is 20.3 Å². The van der Waals surface area contributed by atoms with Crippen LogP contribution in [0.15, 0.2) is 60.8 Å². The van der Waals surface area contributed by atoms with Crippen molar-refractivity contribution in [3.63, 3.8) is 0 Å². The maximum Gasteiger partial charge on any atom is 0.411 e. The molecule has 0 aliphatic carbocycles. The van der Waals surface area contributed by atoms with Crippen LogP contribution < -0.4 is 23.8 Å². The number of fused-ring (bicyclic) bond motifs is 1. The Kier molecular flexibility index (Phi) is 8.43. The van der Waals surface area contributed by atoms with Crippen molar-refractivity contribution >= 4 is 34.3 Å². The van der Waals surface area contributed by atoms with E-state index >= 15 is 0 Å². The van der Waals surface area contributed by atoms with Crippen LogP contribution in [-0.4, -0.2) is 43.6 Å². The van der Waals surface area contributed by atoms with E-state index < -0.39 is 6.09 Å². The van der Waals surface area contributed by atoms with E-state index in [1.807, 2.05) is 32.0 Å². The van der Waals surface area contributed by atoms with Crippen molar-refractivity contribution < 1.29 is 28.8 Å². The van der Waals surface area contributed by atoms with Crippen LogP contribution in [0.2, 0.25) is 5.02 Å². The minimum Gasteiger partial charge on any atom is -0.494 e. The van der Waals surface area contributed by atoms with E-state index in [-0.39, 0.29) is 6.54 Å². The molecular formula is C29H29ClN2O6. The highest BCUT2D eigenvalue weighted by molar-refractivity contribution is 6.30. The molecule has 1 amide bonds. The van der Waals surface area contributed by atoms with E-state index in [2.05, 4.69) is 4.98 Å². The summed E-state index contributed by atoms with van der Waals surface area (Å²) in [5, 5.41) is 11.3. The number of hydrogen-bond donors (Lipinski definition) is 1. The first-order valence-electron chi connectivity index (χ1n) is 12.0. The zero-order valence-corrected chi connectivity index (χ0v) is 22.4. The van der Waals surface area contributed by atoms with Crippen LogP contribution >= 0.6 is 11.6 Å². The Balaban J connectivity index is 1.52. The van der Waals surface area contributed by atoms with Gasteiger partial charge in [0.1, 0.15) is 17.2 Å². The standard InChI is InChI=1S/C29H29ClN2O6/c1-18-15-26(38-25-10-11-31-23-17-28(36-4)27(35-3)16-22(23)25)19(2)14-24(18)32(29(33)34)12-5-13-37-21-8-6-20(30)7-9-21/h6-11,14-17H,5,12-13H2,1-4H3,(H,33,34). The summed E-state index contributed by atoms with van der Waals surface area (Å²) in [6, 6.07) is 16.1. The number of ether oxygens (including phenoxy) is 4. The molecule has 0 atom stereocenters. The van der Waals surface area contributed by atoms with E-state index in [0.717, 1.165) is 16.5 Å². The molecule has 38 heavy (non-hydrogen) atoms.